The van der Waals surface area contributed by atoms with Crippen molar-refractivity contribution in [3.8, 4) is 0 Å². The van der Waals surface area contributed by atoms with E-state index in [1.807, 2.05) is 13.8 Å². The Kier molecular flexibility index (Phi) is 6.48. The highest BCUT2D eigenvalue weighted by Gasteiger charge is 2.24. The third-order valence-corrected chi connectivity index (χ3v) is 3.35. The summed E-state index contributed by atoms with van der Waals surface area (Å²) in [6.45, 7) is 4.34. The van der Waals surface area contributed by atoms with E-state index in [2.05, 4.69) is 5.32 Å². The van der Waals surface area contributed by atoms with Crippen LogP contribution in [0.3, 0.4) is 0 Å². The van der Waals surface area contributed by atoms with Crippen LogP contribution in [0.25, 0.3) is 0 Å². The van der Waals surface area contributed by atoms with Gasteiger partial charge < -0.3 is 15.3 Å². The lowest BCUT2D eigenvalue weighted by Crippen LogP contribution is -2.47. The molecule has 0 aliphatic carbocycles. The van der Waals surface area contributed by atoms with E-state index in [1.54, 1.807) is 0 Å². The predicted molar refractivity (Wildman–Crippen MR) is 74.1 cm³/mol. The molecule has 0 unspecified atom stereocenters. The van der Waals surface area contributed by atoms with Crippen LogP contribution in [0, 0.1) is 5.92 Å². The maximum atomic E-state index is 11.9. The van der Waals surface area contributed by atoms with E-state index in [9.17, 15) is 14.4 Å². The minimum atomic E-state index is -1.03. The zero-order valence-corrected chi connectivity index (χ0v) is 12.2. The molecule has 114 valence electrons. The third-order valence-electron chi connectivity index (χ3n) is 3.35. The molecular formula is C14H24N2O4. The zero-order chi connectivity index (χ0) is 15.1. The Balaban J connectivity index is 2.51. The van der Waals surface area contributed by atoms with Gasteiger partial charge in [0.05, 0.1) is 6.54 Å². The number of carboxylic acid groups (broad SMARTS) is 1. The lowest BCUT2D eigenvalue weighted by Gasteiger charge is -2.22. The molecule has 1 heterocycles. The van der Waals surface area contributed by atoms with Gasteiger partial charge in [-0.1, -0.05) is 20.3 Å². The van der Waals surface area contributed by atoms with Gasteiger partial charge in [-0.25, -0.2) is 4.79 Å². The predicted octanol–water partition coefficient (Wildman–Crippen LogP) is 1.00. The van der Waals surface area contributed by atoms with E-state index in [0.29, 0.717) is 19.4 Å². The quantitative estimate of drug-likeness (QED) is 0.762. The minimum absolute atomic E-state index is 0.0200. The van der Waals surface area contributed by atoms with Crippen LogP contribution in [0.2, 0.25) is 0 Å². The normalized spacial score (nSPS) is 17.8. The molecule has 2 N–H and O–H groups in total. The van der Waals surface area contributed by atoms with Crippen molar-refractivity contribution in [2.24, 2.45) is 5.92 Å². The first-order chi connectivity index (χ1) is 9.40. The second kappa shape index (κ2) is 7.87. The van der Waals surface area contributed by atoms with Gasteiger partial charge in [0.15, 0.2) is 0 Å². The molecule has 0 saturated carbocycles. The Morgan fingerprint density at radius 2 is 2.00 bits per heavy atom. The summed E-state index contributed by atoms with van der Waals surface area (Å²) in [5.41, 5.74) is 0. The monoisotopic (exact) mass is 284 g/mol. The van der Waals surface area contributed by atoms with E-state index in [0.717, 1.165) is 19.3 Å². The van der Waals surface area contributed by atoms with Crippen molar-refractivity contribution in [2.45, 2.75) is 52.0 Å². The molecule has 20 heavy (non-hydrogen) atoms. The summed E-state index contributed by atoms with van der Waals surface area (Å²) < 4.78 is 0. The van der Waals surface area contributed by atoms with Gasteiger partial charge in [-0.2, -0.15) is 0 Å². The van der Waals surface area contributed by atoms with E-state index in [1.165, 1.54) is 4.90 Å². The highest BCUT2D eigenvalue weighted by Crippen LogP contribution is 2.11. The summed E-state index contributed by atoms with van der Waals surface area (Å²) in [5.74, 6) is -1.27. The van der Waals surface area contributed by atoms with E-state index in [4.69, 9.17) is 5.11 Å². The number of likely N-dealkylation sites (tertiary alicyclic amines) is 1. The van der Waals surface area contributed by atoms with Crippen molar-refractivity contribution in [3.05, 3.63) is 0 Å². The number of carboxylic acids is 1. The number of nitrogens with zero attached hydrogens (tertiary/aromatic N) is 1. The lowest BCUT2D eigenvalue weighted by atomic mass is 10.0. The maximum Gasteiger partial charge on any atom is 0.326 e. The molecule has 6 heteroatoms. The summed E-state index contributed by atoms with van der Waals surface area (Å²) in [5, 5.41) is 11.6. The number of hydrogen-bond donors (Lipinski definition) is 2. The van der Waals surface area contributed by atoms with E-state index in [-0.39, 0.29) is 18.4 Å². The second-order valence-electron chi connectivity index (χ2n) is 5.71. The van der Waals surface area contributed by atoms with Gasteiger partial charge >= 0.3 is 5.97 Å². The molecule has 0 radical (unpaired) electrons. The van der Waals surface area contributed by atoms with Crippen LogP contribution in [0.4, 0.5) is 0 Å². The molecule has 0 bridgehead atoms. The van der Waals surface area contributed by atoms with Crippen LogP contribution >= 0.6 is 0 Å². The Labute approximate surface area is 119 Å². The Hall–Kier alpha value is -1.59. The molecule has 1 fully saturated rings. The Morgan fingerprint density at radius 3 is 2.60 bits per heavy atom. The number of aliphatic carboxylic acids is 1. The van der Waals surface area contributed by atoms with Crippen molar-refractivity contribution in [1.29, 1.82) is 0 Å². The topological polar surface area (TPSA) is 86.7 Å². The van der Waals surface area contributed by atoms with Crippen LogP contribution < -0.4 is 5.32 Å². The zero-order valence-electron chi connectivity index (χ0n) is 12.2. The number of nitrogens with one attached hydrogen (secondary N) is 1. The van der Waals surface area contributed by atoms with Crippen LogP contribution in [0.15, 0.2) is 0 Å². The number of rotatable bonds is 6. The van der Waals surface area contributed by atoms with Crippen LogP contribution in [0.1, 0.15) is 46.0 Å². The first-order valence-electron chi connectivity index (χ1n) is 7.20. The third kappa shape index (κ3) is 5.59. The van der Waals surface area contributed by atoms with E-state index >= 15 is 0 Å². The van der Waals surface area contributed by atoms with Crippen molar-refractivity contribution >= 4 is 17.8 Å². The number of hydrogen-bond acceptors (Lipinski definition) is 3. The average molecular weight is 284 g/mol. The van der Waals surface area contributed by atoms with Gasteiger partial charge in [-0.15, -0.1) is 0 Å². The van der Waals surface area contributed by atoms with E-state index < -0.39 is 17.9 Å². The molecule has 1 atom stereocenters. The SMILES string of the molecule is CC(C)C[C@H](NC(=O)CN1CCCCCC1=O)C(=O)O. The maximum absolute atomic E-state index is 11.9. The van der Waals surface area contributed by atoms with Crippen molar-refractivity contribution in [2.75, 3.05) is 13.1 Å². The first kappa shape index (κ1) is 16.5. The van der Waals surface area contributed by atoms with Gasteiger partial charge in [0, 0.05) is 13.0 Å². The highest BCUT2D eigenvalue weighted by atomic mass is 16.4. The fraction of sp³-hybridized carbons (Fsp3) is 0.786. The van der Waals surface area contributed by atoms with Gasteiger partial charge in [0.2, 0.25) is 11.8 Å². The Morgan fingerprint density at radius 1 is 1.30 bits per heavy atom. The second-order valence-corrected chi connectivity index (χ2v) is 5.71. The minimum Gasteiger partial charge on any atom is -0.480 e. The molecule has 1 saturated heterocycles. The molecule has 0 aromatic carbocycles. The molecule has 1 rings (SSSR count). The summed E-state index contributed by atoms with van der Waals surface area (Å²) >= 11 is 0. The van der Waals surface area contributed by atoms with Crippen molar-refractivity contribution < 1.29 is 19.5 Å². The number of carbonyl (C=O) groups is 3. The molecular weight excluding hydrogens is 260 g/mol. The molecule has 0 aromatic heterocycles. The van der Waals surface area contributed by atoms with Gasteiger partial charge in [0.1, 0.15) is 6.04 Å². The number of amides is 2. The van der Waals surface area contributed by atoms with Crippen LogP contribution in [-0.2, 0) is 14.4 Å². The van der Waals surface area contributed by atoms with Crippen molar-refractivity contribution in [3.63, 3.8) is 0 Å². The molecule has 0 spiro atoms. The number of carbonyl (C=O) groups excluding carboxylic acids is 2. The molecule has 1 aliphatic heterocycles. The van der Waals surface area contributed by atoms with Crippen molar-refractivity contribution in [1.82, 2.24) is 10.2 Å². The van der Waals surface area contributed by atoms with Gasteiger partial charge in [-0.05, 0) is 25.2 Å². The molecule has 1 aliphatic rings. The molecule has 0 aromatic rings. The largest absolute Gasteiger partial charge is 0.480 e. The smallest absolute Gasteiger partial charge is 0.326 e. The fourth-order valence-corrected chi connectivity index (χ4v) is 2.31. The van der Waals surface area contributed by atoms with Crippen LogP contribution in [0.5, 0.6) is 0 Å². The molecule has 2 amide bonds. The van der Waals surface area contributed by atoms with Gasteiger partial charge in [0.25, 0.3) is 0 Å². The lowest BCUT2D eigenvalue weighted by molar-refractivity contribution is -0.143. The summed E-state index contributed by atoms with van der Waals surface area (Å²) in [4.78, 5) is 36.3. The average Bonchev–Trinajstić information content (AvgIpc) is 2.53. The fourth-order valence-electron chi connectivity index (χ4n) is 2.31. The summed E-state index contributed by atoms with van der Waals surface area (Å²) in [6.07, 6.45) is 3.61. The van der Waals surface area contributed by atoms with Gasteiger partial charge in [-0.3, -0.25) is 9.59 Å². The standard InChI is InChI=1S/C14H24N2O4/c1-10(2)8-11(14(19)20)15-12(17)9-16-7-5-3-4-6-13(16)18/h10-11H,3-9H2,1-2H3,(H,15,17)(H,19,20)/t11-/m0/s1. The molecule has 6 nitrogen and oxygen atoms in total. The first-order valence-corrected chi connectivity index (χ1v) is 7.20. The summed E-state index contributed by atoms with van der Waals surface area (Å²) in [7, 11) is 0. The van der Waals surface area contributed by atoms with Crippen LogP contribution in [-0.4, -0.2) is 46.9 Å². The summed E-state index contributed by atoms with van der Waals surface area (Å²) in [6, 6.07) is -0.885. The Bertz CT molecular complexity index is 362. The highest BCUT2D eigenvalue weighted by molar-refractivity contribution is 5.88.